The van der Waals surface area contributed by atoms with Gasteiger partial charge in [-0.1, -0.05) is 12.1 Å². The van der Waals surface area contributed by atoms with Crippen molar-refractivity contribution in [2.45, 2.75) is 13.5 Å². The highest BCUT2D eigenvalue weighted by Crippen LogP contribution is 2.22. The average molecular weight is 191 g/mol. The number of nitrogens with zero attached hydrogens (tertiary/aromatic N) is 1. The Labute approximate surface area is 81.0 Å². The number of aldehydes is 1. The Kier molecular flexibility index (Phi) is 2.08. The van der Waals surface area contributed by atoms with Gasteiger partial charge in [-0.25, -0.2) is 4.39 Å². The fourth-order valence-corrected chi connectivity index (χ4v) is 1.69. The standard InChI is InChI=1S/C11H10FNO/c1-2-13-6-8(7-14)9-4-3-5-10(12)11(9)13/h3-7H,2H2,1H3. The third-order valence-corrected chi connectivity index (χ3v) is 2.35. The number of hydrogen-bond acceptors (Lipinski definition) is 1. The average Bonchev–Trinajstić information content (AvgIpc) is 2.57. The monoisotopic (exact) mass is 191 g/mol. The molecular formula is C11H10FNO. The Balaban J connectivity index is 2.88. The molecule has 2 rings (SSSR count). The van der Waals surface area contributed by atoms with Crippen molar-refractivity contribution in [3.63, 3.8) is 0 Å². The van der Waals surface area contributed by atoms with Crippen LogP contribution in [0.3, 0.4) is 0 Å². The van der Waals surface area contributed by atoms with Crippen molar-refractivity contribution in [1.29, 1.82) is 0 Å². The highest BCUT2D eigenvalue weighted by atomic mass is 19.1. The molecule has 0 radical (unpaired) electrons. The lowest BCUT2D eigenvalue weighted by Crippen LogP contribution is -1.92. The molecule has 1 heterocycles. The SMILES string of the molecule is CCn1cc(C=O)c2cccc(F)c21. The van der Waals surface area contributed by atoms with Crippen molar-refractivity contribution in [3.05, 3.63) is 35.8 Å². The summed E-state index contributed by atoms with van der Waals surface area (Å²) in [6.07, 6.45) is 2.44. The van der Waals surface area contributed by atoms with Crippen LogP contribution in [-0.4, -0.2) is 10.9 Å². The molecule has 2 aromatic rings. The van der Waals surface area contributed by atoms with Crippen molar-refractivity contribution in [2.75, 3.05) is 0 Å². The molecule has 0 aliphatic heterocycles. The maximum atomic E-state index is 13.4. The van der Waals surface area contributed by atoms with E-state index in [1.807, 2.05) is 6.92 Å². The van der Waals surface area contributed by atoms with E-state index in [0.29, 0.717) is 23.0 Å². The summed E-state index contributed by atoms with van der Waals surface area (Å²) in [5.74, 6) is -0.280. The first-order valence-electron chi connectivity index (χ1n) is 4.50. The Bertz CT molecular complexity index is 487. The van der Waals surface area contributed by atoms with Crippen molar-refractivity contribution < 1.29 is 9.18 Å². The highest BCUT2D eigenvalue weighted by molar-refractivity contribution is 5.97. The van der Waals surface area contributed by atoms with E-state index < -0.39 is 0 Å². The van der Waals surface area contributed by atoms with Crippen LogP contribution in [0, 0.1) is 5.82 Å². The van der Waals surface area contributed by atoms with Crippen LogP contribution in [0.4, 0.5) is 4.39 Å². The number of fused-ring (bicyclic) bond motifs is 1. The van der Waals surface area contributed by atoms with Crippen molar-refractivity contribution in [1.82, 2.24) is 4.57 Å². The molecule has 0 saturated heterocycles. The minimum atomic E-state index is -0.280. The van der Waals surface area contributed by atoms with Gasteiger partial charge in [-0.3, -0.25) is 4.79 Å². The van der Waals surface area contributed by atoms with Crippen LogP contribution < -0.4 is 0 Å². The zero-order valence-electron chi connectivity index (χ0n) is 7.83. The molecule has 0 aliphatic rings. The Morgan fingerprint density at radius 2 is 2.29 bits per heavy atom. The van der Waals surface area contributed by atoms with Crippen LogP contribution in [0.5, 0.6) is 0 Å². The van der Waals surface area contributed by atoms with Gasteiger partial charge in [-0.15, -0.1) is 0 Å². The minimum Gasteiger partial charge on any atom is -0.345 e. The Hall–Kier alpha value is -1.64. The van der Waals surface area contributed by atoms with E-state index in [2.05, 4.69) is 0 Å². The fourth-order valence-electron chi connectivity index (χ4n) is 1.69. The van der Waals surface area contributed by atoms with Gasteiger partial charge in [0.2, 0.25) is 0 Å². The Morgan fingerprint density at radius 1 is 1.50 bits per heavy atom. The summed E-state index contributed by atoms with van der Waals surface area (Å²) in [5, 5.41) is 0.682. The number of carbonyl (C=O) groups excluding carboxylic acids is 1. The topological polar surface area (TPSA) is 22.0 Å². The van der Waals surface area contributed by atoms with Crippen LogP contribution in [0.1, 0.15) is 17.3 Å². The molecule has 2 nitrogen and oxygen atoms in total. The molecule has 0 spiro atoms. The molecule has 1 aromatic carbocycles. The van der Waals surface area contributed by atoms with Gasteiger partial charge in [0.05, 0.1) is 5.52 Å². The molecule has 3 heteroatoms. The molecule has 0 fully saturated rings. The summed E-state index contributed by atoms with van der Waals surface area (Å²) in [6.45, 7) is 2.58. The second kappa shape index (κ2) is 3.25. The number of benzene rings is 1. The van der Waals surface area contributed by atoms with Crippen LogP contribution >= 0.6 is 0 Å². The molecule has 0 bridgehead atoms. The predicted molar refractivity (Wildman–Crippen MR) is 53.0 cm³/mol. The molecular weight excluding hydrogens is 181 g/mol. The van der Waals surface area contributed by atoms with Gasteiger partial charge in [0.1, 0.15) is 5.82 Å². The normalized spacial score (nSPS) is 10.7. The lowest BCUT2D eigenvalue weighted by atomic mass is 10.2. The number of hydrogen-bond donors (Lipinski definition) is 0. The number of aromatic nitrogens is 1. The number of para-hydroxylation sites is 1. The molecule has 1 aromatic heterocycles. The van der Waals surface area contributed by atoms with Crippen molar-refractivity contribution in [2.24, 2.45) is 0 Å². The lowest BCUT2D eigenvalue weighted by Gasteiger charge is -2.00. The summed E-state index contributed by atoms with van der Waals surface area (Å²) >= 11 is 0. The van der Waals surface area contributed by atoms with Gasteiger partial charge in [-0.2, -0.15) is 0 Å². The molecule has 0 aliphatic carbocycles. The van der Waals surface area contributed by atoms with Gasteiger partial charge < -0.3 is 4.57 Å². The summed E-state index contributed by atoms with van der Waals surface area (Å²) < 4.78 is 15.2. The summed E-state index contributed by atoms with van der Waals surface area (Å²) in [6, 6.07) is 4.78. The maximum absolute atomic E-state index is 13.4. The van der Waals surface area contributed by atoms with E-state index in [0.717, 1.165) is 6.29 Å². The smallest absolute Gasteiger partial charge is 0.152 e. The van der Waals surface area contributed by atoms with E-state index in [9.17, 15) is 9.18 Å². The third-order valence-electron chi connectivity index (χ3n) is 2.35. The van der Waals surface area contributed by atoms with Gasteiger partial charge in [0.15, 0.2) is 6.29 Å². The second-order valence-corrected chi connectivity index (χ2v) is 3.12. The van der Waals surface area contributed by atoms with Gasteiger partial charge in [0, 0.05) is 23.7 Å². The molecule has 0 unspecified atom stereocenters. The summed E-state index contributed by atoms with van der Waals surface area (Å²) in [5.41, 5.74) is 1.05. The second-order valence-electron chi connectivity index (χ2n) is 3.12. The quantitative estimate of drug-likeness (QED) is 0.669. The molecule has 14 heavy (non-hydrogen) atoms. The first-order valence-corrected chi connectivity index (χ1v) is 4.50. The third kappa shape index (κ3) is 1.13. The van der Waals surface area contributed by atoms with Crippen molar-refractivity contribution >= 4 is 17.2 Å². The first kappa shape index (κ1) is 8.94. The number of carbonyl (C=O) groups is 1. The summed E-state index contributed by atoms with van der Waals surface area (Å²) in [4.78, 5) is 10.7. The molecule has 0 saturated carbocycles. The predicted octanol–water partition coefficient (Wildman–Crippen LogP) is 2.61. The van der Waals surface area contributed by atoms with E-state index in [1.165, 1.54) is 6.07 Å². The number of halogens is 1. The first-order chi connectivity index (χ1) is 6.77. The van der Waals surface area contributed by atoms with Crippen LogP contribution in [0.2, 0.25) is 0 Å². The fraction of sp³-hybridized carbons (Fsp3) is 0.182. The summed E-state index contributed by atoms with van der Waals surface area (Å²) in [7, 11) is 0. The van der Waals surface area contributed by atoms with Gasteiger partial charge >= 0.3 is 0 Å². The lowest BCUT2D eigenvalue weighted by molar-refractivity contribution is 0.112. The number of aryl methyl sites for hydroxylation is 1. The van der Waals surface area contributed by atoms with Crippen molar-refractivity contribution in [3.8, 4) is 0 Å². The zero-order chi connectivity index (χ0) is 10.1. The van der Waals surface area contributed by atoms with E-state index >= 15 is 0 Å². The Morgan fingerprint density at radius 3 is 2.93 bits per heavy atom. The maximum Gasteiger partial charge on any atom is 0.152 e. The van der Waals surface area contributed by atoms with E-state index in [4.69, 9.17) is 0 Å². The molecule has 72 valence electrons. The van der Waals surface area contributed by atoms with Crippen LogP contribution in [-0.2, 0) is 6.54 Å². The van der Waals surface area contributed by atoms with E-state index in [-0.39, 0.29) is 5.82 Å². The number of rotatable bonds is 2. The molecule has 0 atom stereocenters. The molecule has 0 amide bonds. The van der Waals surface area contributed by atoms with Gasteiger partial charge in [0.25, 0.3) is 0 Å². The van der Waals surface area contributed by atoms with Crippen LogP contribution in [0.25, 0.3) is 10.9 Å². The highest BCUT2D eigenvalue weighted by Gasteiger charge is 2.09. The zero-order valence-corrected chi connectivity index (χ0v) is 7.83. The van der Waals surface area contributed by atoms with Crippen LogP contribution in [0.15, 0.2) is 24.4 Å². The molecule has 0 N–H and O–H groups in total. The van der Waals surface area contributed by atoms with E-state index in [1.54, 1.807) is 22.9 Å². The van der Waals surface area contributed by atoms with Gasteiger partial charge in [-0.05, 0) is 13.0 Å². The largest absolute Gasteiger partial charge is 0.345 e. The minimum absolute atomic E-state index is 0.280.